The minimum Gasteiger partial charge on any atom is -0.306 e. The first-order valence-corrected chi connectivity index (χ1v) is 8.20. The first-order valence-electron chi connectivity index (χ1n) is 8.20. The zero-order valence-electron chi connectivity index (χ0n) is 13.5. The lowest BCUT2D eigenvalue weighted by Gasteiger charge is -2.23. The van der Waals surface area contributed by atoms with Gasteiger partial charge in [-0.1, -0.05) is 69.3 Å². The Bertz CT molecular complexity index is 559. The Kier molecular flexibility index (Phi) is 6.01. The van der Waals surface area contributed by atoms with E-state index in [0.717, 1.165) is 25.8 Å². The molecule has 0 saturated carbocycles. The summed E-state index contributed by atoms with van der Waals surface area (Å²) < 4.78 is 0. The quantitative estimate of drug-likeness (QED) is 0.761. The zero-order valence-corrected chi connectivity index (χ0v) is 13.5. The largest absolute Gasteiger partial charge is 0.306 e. The van der Waals surface area contributed by atoms with Crippen molar-refractivity contribution >= 4 is 0 Å². The van der Waals surface area contributed by atoms with E-state index in [1.807, 2.05) is 0 Å². The molecular weight excluding hydrogens is 254 g/mol. The van der Waals surface area contributed by atoms with Gasteiger partial charge in [-0.2, -0.15) is 0 Å². The van der Waals surface area contributed by atoms with Crippen molar-refractivity contribution in [3.8, 4) is 0 Å². The van der Waals surface area contributed by atoms with Gasteiger partial charge in [0.2, 0.25) is 0 Å². The van der Waals surface area contributed by atoms with Crippen LogP contribution in [0.25, 0.3) is 0 Å². The van der Waals surface area contributed by atoms with Gasteiger partial charge in [-0.3, -0.25) is 0 Å². The Morgan fingerprint density at radius 3 is 2.43 bits per heavy atom. The van der Waals surface area contributed by atoms with Crippen LogP contribution in [0.4, 0.5) is 0 Å². The molecule has 0 saturated heterocycles. The molecule has 1 N–H and O–H groups in total. The molecule has 0 spiro atoms. The highest BCUT2D eigenvalue weighted by molar-refractivity contribution is 5.39. The molecule has 2 aromatic rings. The molecule has 1 heteroatoms. The van der Waals surface area contributed by atoms with Crippen molar-refractivity contribution in [1.29, 1.82) is 0 Å². The lowest BCUT2D eigenvalue weighted by molar-refractivity contribution is 0.594. The fraction of sp³-hybridized carbons (Fsp3) is 0.400. The highest BCUT2D eigenvalue weighted by atomic mass is 14.9. The molecule has 0 aromatic heterocycles. The van der Waals surface area contributed by atoms with Crippen molar-refractivity contribution in [3.05, 3.63) is 70.8 Å². The Morgan fingerprint density at radius 2 is 1.71 bits per heavy atom. The summed E-state index contributed by atoms with van der Waals surface area (Å²) in [7, 11) is 0. The maximum atomic E-state index is 3.73. The van der Waals surface area contributed by atoms with E-state index in [9.17, 15) is 0 Å². The molecule has 0 heterocycles. The van der Waals surface area contributed by atoms with Crippen molar-refractivity contribution in [2.45, 2.75) is 46.1 Å². The standard InChI is InChI=1S/C20H27N/c1-4-14-21-20(18-12-9-10-16(5-2)15-18)19-13-8-7-11-17(19)6-3/h7-13,15,20-21H,4-6,14H2,1-3H3. The van der Waals surface area contributed by atoms with Gasteiger partial charge in [-0.15, -0.1) is 0 Å². The molecule has 0 bridgehead atoms. The summed E-state index contributed by atoms with van der Waals surface area (Å²) in [6.45, 7) is 7.71. The SMILES string of the molecule is CCCNC(c1cccc(CC)c1)c1ccccc1CC. The third kappa shape index (κ3) is 3.95. The van der Waals surface area contributed by atoms with Gasteiger partial charge >= 0.3 is 0 Å². The predicted octanol–water partition coefficient (Wildman–Crippen LogP) is 4.90. The molecule has 2 aromatic carbocycles. The van der Waals surface area contributed by atoms with Crippen LogP contribution in [0.5, 0.6) is 0 Å². The van der Waals surface area contributed by atoms with Crippen LogP contribution in [-0.2, 0) is 12.8 Å². The van der Waals surface area contributed by atoms with E-state index in [4.69, 9.17) is 0 Å². The van der Waals surface area contributed by atoms with Gasteiger partial charge in [-0.05, 0) is 48.1 Å². The van der Waals surface area contributed by atoms with Gasteiger partial charge in [0.15, 0.2) is 0 Å². The summed E-state index contributed by atoms with van der Waals surface area (Å²) in [4.78, 5) is 0. The van der Waals surface area contributed by atoms with E-state index in [1.165, 1.54) is 22.3 Å². The summed E-state index contributed by atoms with van der Waals surface area (Å²) in [5.74, 6) is 0. The molecule has 0 aliphatic carbocycles. The number of benzene rings is 2. The fourth-order valence-corrected chi connectivity index (χ4v) is 2.83. The summed E-state index contributed by atoms with van der Waals surface area (Å²) in [5, 5.41) is 3.73. The normalized spacial score (nSPS) is 12.3. The summed E-state index contributed by atoms with van der Waals surface area (Å²) in [6.07, 6.45) is 3.32. The summed E-state index contributed by atoms with van der Waals surface area (Å²) in [5.41, 5.74) is 5.64. The van der Waals surface area contributed by atoms with Crippen LogP contribution in [0.1, 0.15) is 55.5 Å². The second kappa shape index (κ2) is 7.99. The minimum atomic E-state index is 0.299. The Hall–Kier alpha value is -1.60. The lowest BCUT2D eigenvalue weighted by atomic mass is 9.92. The molecule has 0 fully saturated rings. The van der Waals surface area contributed by atoms with Crippen LogP contribution in [0.2, 0.25) is 0 Å². The number of hydrogen-bond donors (Lipinski definition) is 1. The molecular formula is C20H27N. The highest BCUT2D eigenvalue weighted by Gasteiger charge is 2.16. The topological polar surface area (TPSA) is 12.0 Å². The van der Waals surface area contributed by atoms with E-state index in [1.54, 1.807) is 0 Å². The molecule has 1 atom stereocenters. The molecule has 112 valence electrons. The van der Waals surface area contributed by atoms with Gasteiger partial charge in [0.1, 0.15) is 0 Å². The van der Waals surface area contributed by atoms with Crippen LogP contribution in [0.15, 0.2) is 48.5 Å². The monoisotopic (exact) mass is 281 g/mol. The smallest absolute Gasteiger partial charge is 0.0579 e. The fourth-order valence-electron chi connectivity index (χ4n) is 2.83. The van der Waals surface area contributed by atoms with E-state index in [2.05, 4.69) is 74.6 Å². The number of rotatable bonds is 7. The van der Waals surface area contributed by atoms with Crippen LogP contribution >= 0.6 is 0 Å². The van der Waals surface area contributed by atoms with E-state index in [-0.39, 0.29) is 0 Å². The Balaban J connectivity index is 2.41. The third-order valence-electron chi connectivity index (χ3n) is 4.04. The van der Waals surface area contributed by atoms with Crippen LogP contribution < -0.4 is 5.32 Å². The maximum Gasteiger partial charge on any atom is 0.0579 e. The van der Waals surface area contributed by atoms with Crippen molar-refractivity contribution in [1.82, 2.24) is 5.32 Å². The van der Waals surface area contributed by atoms with E-state index >= 15 is 0 Å². The number of aryl methyl sites for hydroxylation is 2. The molecule has 0 radical (unpaired) electrons. The van der Waals surface area contributed by atoms with E-state index < -0.39 is 0 Å². The second-order valence-corrected chi connectivity index (χ2v) is 5.54. The van der Waals surface area contributed by atoms with Gasteiger partial charge < -0.3 is 5.32 Å². The van der Waals surface area contributed by atoms with E-state index in [0.29, 0.717) is 6.04 Å². The summed E-state index contributed by atoms with van der Waals surface area (Å²) in [6, 6.07) is 18.1. The molecule has 2 rings (SSSR count). The van der Waals surface area contributed by atoms with Crippen molar-refractivity contribution in [2.24, 2.45) is 0 Å². The summed E-state index contributed by atoms with van der Waals surface area (Å²) >= 11 is 0. The Labute approximate surface area is 129 Å². The van der Waals surface area contributed by atoms with Crippen molar-refractivity contribution in [3.63, 3.8) is 0 Å². The number of hydrogen-bond acceptors (Lipinski definition) is 1. The first kappa shape index (κ1) is 15.8. The minimum absolute atomic E-state index is 0.299. The first-order chi connectivity index (χ1) is 10.3. The third-order valence-corrected chi connectivity index (χ3v) is 4.04. The molecule has 21 heavy (non-hydrogen) atoms. The zero-order chi connectivity index (χ0) is 15.1. The van der Waals surface area contributed by atoms with Crippen molar-refractivity contribution in [2.75, 3.05) is 6.54 Å². The van der Waals surface area contributed by atoms with Gasteiger partial charge in [-0.25, -0.2) is 0 Å². The van der Waals surface area contributed by atoms with Gasteiger partial charge in [0, 0.05) is 0 Å². The Morgan fingerprint density at radius 1 is 0.905 bits per heavy atom. The highest BCUT2D eigenvalue weighted by Crippen LogP contribution is 2.26. The average molecular weight is 281 g/mol. The molecule has 1 nitrogen and oxygen atoms in total. The molecule has 0 aliphatic heterocycles. The van der Waals surface area contributed by atoms with Crippen LogP contribution in [0, 0.1) is 0 Å². The second-order valence-electron chi connectivity index (χ2n) is 5.54. The van der Waals surface area contributed by atoms with Gasteiger partial charge in [0.05, 0.1) is 6.04 Å². The molecule has 0 aliphatic rings. The van der Waals surface area contributed by atoms with Crippen LogP contribution in [0.3, 0.4) is 0 Å². The maximum absolute atomic E-state index is 3.73. The molecule has 0 amide bonds. The lowest BCUT2D eigenvalue weighted by Crippen LogP contribution is -2.24. The average Bonchev–Trinajstić information content (AvgIpc) is 2.56. The number of nitrogens with one attached hydrogen (secondary N) is 1. The predicted molar refractivity (Wildman–Crippen MR) is 91.8 cm³/mol. The van der Waals surface area contributed by atoms with Crippen molar-refractivity contribution < 1.29 is 0 Å². The van der Waals surface area contributed by atoms with Gasteiger partial charge in [0.25, 0.3) is 0 Å². The molecule has 1 unspecified atom stereocenters. The van der Waals surface area contributed by atoms with Crippen LogP contribution in [-0.4, -0.2) is 6.54 Å².